The molecule has 1 saturated heterocycles. The maximum absolute atomic E-state index is 12.3. The number of likely N-dealkylation sites (N-methyl/N-ethyl adjacent to an activating group) is 1. The van der Waals surface area contributed by atoms with Crippen molar-refractivity contribution in [2.45, 2.75) is 32.2 Å². The van der Waals surface area contributed by atoms with E-state index in [1.165, 1.54) is 0 Å². The van der Waals surface area contributed by atoms with Gasteiger partial charge in [-0.15, -0.1) is 0 Å². The first-order chi connectivity index (χ1) is 8.70. The summed E-state index contributed by atoms with van der Waals surface area (Å²) in [4.78, 5) is 18.5. The van der Waals surface area contributed by atoms with E-state index in [0.717, 1.165) is 37.2 Å². The number of pyridine rings is 1. The van der Waals surface area contributed by atoms with Crippen LogP contribution in [0.5, 0.6) is 0 Å². The van der Waals surface area contributed by atoms with E-state index in [1.54, 1.807) is 6.20 Å². The number of carbonyl (C=O) groups is 1. The molecule has 0 saturated carbocycles. The second-order valence-corrected chi connectivity index (χ2v) is 4.93. The fourth-order valence-corrected chi connectivity index (χ4v) is 2.49. The molecule has 2 rings (SSSR count). The summed E-state index contributed by atoms with van der Waals surface area (Å²) in [6.45, 7) is 3.73. The zero-order chi connectivity index (χ0) is 13.0. The lowest BCUT2D eigenvalue weighted by Crippen LogP contribution is -2.41. The highest BCUT2D eigenvalue weighted by atomic mass is 16.2. The quantitative estimate of drug-likeness (QED) is 0.868. The Balaban J connectivity index is 1.96. The molecule has 0 unspecified atom stereocenters. The van der Waals surface area contributed by atoms with Crippen molar-refractivity contribution in [2.75, 3.05) is 20.1 Å². The van der Waals surface area contributed by atoms with Crippen LogP contribution in [0.1, 0.15) is 24.1 Å². The van der Waals surface area contributed by atoms with Gasteiger partial charge in [0.15, 0.2) is 0 Å². The summed E-state index contributed by atoms with van der Waals surface area (Å²) in [7, 11) is 1.94. The molecule has 1 aromatic rings. The summed E-state index contributed by atoms with van der Waals surface area (Å²) in [5.74, 6) is 0.221. The normalized spacial score (nSPS) is 19.2. The first kappa shape index (κ1) is 13.0. The predicted octanol–water partition coefficient (Wildman–Crippen LogP) is 1.14. The van der Waals surface area contributed by atoms with E-state index in [1.807, 2.05) is 31.0 Å². The number of nitrogens with one attached hydrogen (secondary N) is 1. The third kappa shape index (κ3) is 3.07. The average Bonchev–Trinajstić information content (AvgIpc) is 2.81. The van der Waals surface area contributed by atoms with E-state index in [4.69, 9.17) is 0 Å². The van der Waals surface area contributed by atoms with Crippen molar-refractivity contribution in [3.05, 3.63) is 29.6 Å². The number of hydrogen-bond donors (Lipinski definition) is 1. The molecule has 1 aromatic heterocycles. The van der Waals surface area contributed by atoms with Gasteiger partial charge in [0.05, 0.1) is 6.42 Å². The average molecular weight is 247 g/mol. The Bertz CT molecular complexity index is 402. The van der Waals surface area contributed by atoms with Gasteiger partial charge in [0.25, 0.3) is 0 Å². The van der Waals surface area contributed by atoms with Gasteiger partial charge in [0.1, 0.15) is 0 Å². The molecule has 4 nitrogen and oxygen atoms in total. The van der Waals surface area contributed by atoms with Crippen molar-refractivity contribution < 1.29 is 4.79 Å². The smallest absolute Gasteiger partial charge is 0.227 e. The number of aromatic nitrogens is 1. The fraction of sp³-hybridized carbons (Fsp3) is 0.571. The van der Waals surface area contributed by atoms with Gasteiger partial charge in [0, 0.05) is 31.0 Å². The Morgan fingerprint density at radius 1 is 1.56 bits per heavy atom. The molecule has 0 radical (unpaired) electrons. The highest BCUT2D eigenvalue weighted by Gasteiger charge is 2.27. The van der Waals surface area contributed by atoms with Gasteiger partial charge < -0.3 is 10.2 Å². The molecule has 1 fully saturated rings. The molecule has 1 aliphatic heterocycles. The van der Waals surface area contributed by atoms with E-state index < -0.39 is 0 Å². The summed E-state index contributed by atoms with van der Waals surface area (Å²) in [5.41, 5.74) is 1.99. The maximum Gasteiger partial charge on any atom is 0.227 e. The minimum atomic E-state index is 0.221. The Morgan fingerprint density at radius 3 is 3.06 bits per heavy atom. The number of amides is 1. The van der Waals surface area contributed by atoms with Crippen LogP contribution < -0.4 is 5.32 Å². The third-order valence-electron chi connectivity index (χ3n) is 3.47. The van der Waals surface area contributed by atoms with Gasteiger partial charge in [-0.25, -0.2) is 0 Å². The standard InChI is InChI=1S/C14H21N3O/c1-11-5-6-12(9-16-11)8-14(18)17-7-3-4-13(17)10-15-2/h5-6,9,13,15H,3-4,7-8,10H2,1-2H3/t13-/m1/s1. The summed E-state index contributed by atoms with van der Waals surface area (Å²) in [5, 5.41) is 3.16. The van der Waals surface area contributed by atoms with Crippen LogP contribution in [-0.2, 0) is 11.2 Å². The predicted molar refractivity (Wildman–Crippen MR) is 71.3 cm³/mol. The molecule has 4 heteroatoms. The van der Waals surface area contributed by atoms with Crippen molar-refractivity contribution >= 4 is 5.91 Å². The second kappa shape index (κ2) is 5.96. The number of nitrogens with zero attached hydrogens (tertiary/aromatic N) is 2. The van der Waals surface area contributed by atoms with Crippen LogP contribution in [-0.4, -0.2) is 42.0 Å². The first-order valence-corrected chi connectivity index (χ1v) is 6.56. The zero-order valence-electron chi connectivity index (χ0n) is 11.1. The molecule has 18 heavy (non-hydrogen) atoms. The van der Waals surface area contributed by atoms with E-state index in [9.17, 15) is 4.79 Å². The number of likely N-dealkylation sites (tertiary alicyclic amines) is 1. The SMILES string of the molecule is CNC[C@H]1CCCN1C(=O)Cc1ccc(C)nc1. The molecule has 0 aliphatic carbocycles. The largest absolute Gasteiger partial charge is 0.338 e. The molecule has 0 spiro atoms. The van der Waals surface area contributed by atoms with Crippen LogP contribution in [0.3, 0.4) is 0 Å². The van der Waals surface area contributed by atoms with E-state index in [2.05, 4.69) is 10.3 Å². The molecule has 1 N–H and O–H groups in total. The lowest BCUT2D eigenvalue weighted by atomic mass is 10.1. The van der Waals surface area contributed by atoms with Crippen LogP contribution in [0.4, 0.5) is 0 Å². The van der Waals surface area contributed by atoms with Crippen LogP contribution in [0.2, 0.25) is 0 Å². The fourth-order valence-electron chi connectivity index (χ4n) is 2.49. The molecule has 1 aliphatic rings. The zero-order valence-corrected chi connectivity index (χ0v) is 11.1. The topological polar surface area (TPSA) is 45.2 Å². The number of hydrogen-bond acceptors (Lipinski definition) is 3. The summed E-state index contributed by atoms with van der Waals surface area (Å²) >= 11 is 0. The molecule has 2 heterocycles. The monoisotopic (exact) mass is 247 g/mol. The minimum Gasteiger partial charge on any atom is -0.338 e. The Labute approximate surface area is 108 Å². The lowest BCUT2D eigenvalue weighted by Gasteiger charge is -2.24. The molecular formula is C14H21N3O. The van der Waals surface area contributed by atoms with Gasteiger partial charge in [-0.05, 0) is 38.4 Å². The van der Waals surface area contributed by atoms with Crippen LogP contribution in [0, 0.1) is 6.92 Å². The Hall–Kier alpha value is -1.42. The highest BCUT2D eigenvalue weighted by molar-refractivity contribution is 5.79. The lowest BCUT2D eigenvalue weighted by molar-refractivity contribution is -0.131. The molecule has 0 aromatic carbocycles. The Morgan fingerprint density at radius 2 is 2.39 bits per heavy atom. The van der Waals surface area contributed by atoms with Crippen molar-refractivity contribution in [3.63, 3.8) is 0 Å². The van der Waals surface area contributed by atoms with Crippen LogP contribution >= 0.6 is 0 Å². The van der Waals surface area contributed by atoms with Crippen molar-refractivity contribution in [2.24, 2.45) is 0 Å². The molecule has 0 bridgehead atoms. The van der Waals surface area contributed by atoms with E-state index in [0.29, 0.717) is 12.5 Å². The number of rotatable bonds is 4. The summed E-state index contributed by atoms with van der Waals surface area (Å²) < 4.78 is 0. The van der Waals surface area contributed by atoms with Gasteiger partial charge in [0.2, 0.25) is 5.91 Å². The molecule has 1 amide bonds. The van der Waals surface area contributed by atoms with Gasteiger partial charge in [-0.3, -0.25) is 9.78 Å². The first-order valence-electron chi connectivity index (χ1n) is 6.56. The third-order valence-corrected chi connectivity index (χ3v) is 3.47. The van der Waals surface area contributed by atoms with Crippen molar-refractivity contribution in [1.82, 2.24) is 15.2 Å². The van der Waals surface area contributed by atoms with Gasteiger partial charge in [-0.1, -0.05) is 6.07 Å². The molecule has 1 atom stereocenters. The summed E-state index contributed by atoms with van der Waals surface area (Å²) in [6.07, 6.45) is 4.49. The Kier molecular flexibility index (Phi) is 4.31. The number of aryl methyl sites for hydroxylation is 1. The van der Waals surface area contributed by atoms with Crippen molar-refractivity contribution in [3.8, 4) is 0 Å². The maximum atomic E-state index is 12.3. The second-order valence-electron chi connectivity index (χ2n) is 4.93. The highest BCUT2D eigenvalue weighted by Crippen LogP contribution is 2.18. The van der Waals surface area contributed by atoms with Crippen molar-refractivity contribution in [1.29, 1.82) is 0 Å². The number of carbonyl (C=O) groups excluding carboxylic acids is 1. The van der Waals surface area contributed by atoms with Crippen LogP contribution in [0.15, 0.2) is 18.3 Å². The minimum absolute atomic E-state index is 0.221. The molecular weight excluding hydrogens is 226 g/mol. The molecule has 98 valence electrons. The van der Waals surface area contributed by atoms with Gasteiger partial charge in [-0.2, -0.15) is 0 Å². The summed E-state index contributed by atoms with van der Waals surface area (Å²) in [6, 6.07) is 4.31. The van der Waals surface area contributed by atoms with E-state index in [-0.39, 0.29) is 5.91 Å². The van der Waals surface area contributed by atoms with Crippen LogP contribution in [0.25, 0.3) is 0 Å². The van der Waals surface area contributed by atoms with E-state index >= 15 is 0 Å². The van der Waals surface area contributed by atoms with Gasteiger partial charge >= 0.3 is 0 Å².